The Morgan fingerprint density at radius 1 is 1.23 bits per heavy atom. The van der Waals surface area contributed by atoms with E-state index in [9.17, 15) is 10.1 Å². The number of carbonyl (C=O) groups excluding carboxylic acids is 1. The molecular weight excluding hydrogens is 342 g/mol. The maximum absolute atomic E-state index is 12.6. The average Bonchev–Trinajstić information content (AvgIpc) is 2.63. The number of nitriles is 1. The van der Waals surface area contributed by atoms with Crippen molar-refractivity contribution in [2.45, 2.75) is 31.6 Å². The first-order valence-corrected chi connectivity index (χ1v) is 9.60. The first-order valence-electron chi connectivity index (χ1n) is 8.38. The second-order valence-corrected chi connectivity index (χ2v) is 7.07. The van der Waals surface area contributed by atoms with Gasteiger partial charge in [-0.15, -0.1) is 11.8 Å². The van der Waals surface area contributed by atoms with Crippen LogP contribution in [0.1, 0.15) is 30.9 Å². The van der Waals surface area contributed by atoms with Crippen LogP contribution in [0, 0.1) is 18.3 Å². The van der Waals surface area contributed by atoms with E-state index in [1.165, 1.54) is 6.20 Å². The quantitative estimate of drug-likeness (QED) is 0.414. The zero-order valence-corrected chi connectivity index (χ0v) is 16.3. The van der Waals surface area contributed by atoms with Gasteiger partial charge in [-0.2, -0.15) is 5.26 Å². The predicted molar refractivity (Wildman–Crippen MR) is 109 cm³/mol. The molecule has 0 atom stereocenters. The lowest BCUT2D eigenvalue weighted by atomic mass is 9.98. The van der Waals surface area contributed by atoms with Gasteiger partial charge in [-0.25, -0.2) is 0 Å². The topological polar surface area (TPSA) is 64.9 Å². The molecule has 134 valence electrons. The van der Waals surface area contributed by atoms with E-state index < -0.39 is 5.91 Å². The molecule has 0 aromatic heterocycles. The summed E-state index contributed by atoms with van der Waals surface area (Å²) >= 11 is 1.63. The van der Waals surface area contributed by atoms with Crippen molar-refractivity contribution in [3.8, 4) is 6.07 Å². The van der Waals surface area contributed by atoms with Crippen molar-refractivity contribution < 1.29 is 4.79 Å². The Morgan fingerprint density at radius 2 is 1.96 bits per heavy atom. The maximum atomic E-state index is 12.6. The van der Waals surface area contributed by atoms with Crippen molar-refractivity contribution in [2.24, 2.45) is 0 Å². The van der Waals surface area contributed by atoms with E-state index in [-0.39, 0.29) is 11.5 Å². The summed E-state index contributed by atoms with van der Waals surface area (Å²) in [5, 5.41) is 15.3. The number of aryl methyl sites for hydroxylation is 1. The fourth-order valence-electron chi connectivity index (χ4n) is 2.54. The smallest absolute Gasteiger partial charge is 0.267 e. The third-order valence-corrected chi connectivity index (χ3v) is 4.71. The minimum atomic E-state index is -0.419. The van der Waals surface area contributed by atoms with Crippen LogP contribution >= 0.6 is 11.8 Å². The van der Waals surface area contributed by atoms with Crippen LogP contribution in [0.25, 0.3) is 0 Å². The number of nitrogens with one attached hydrogen (secondary N) is 2. The molecule has 0 aliphatic rings. The van der Waals surface area contributed by atoms with Gasteiger partial charge in [0.15, 0.2) is 0 Å². The van der Waals surface area contributed by atoms with Crippen LogP contribution in [0.3, 0.4) is 0 Å². The van der Waals surface area contributed by atoms with Crippen LogP contribution in [0.5, 0.6) is 0 Å². The summed E-state index contributed by atoms with van der Waals surface area (Å²) in [6, 6.07) is 15.7. The zero-order valence-electron chi connectivity index (χ0n) is 15.5. The van der Waals surface area contributed by atoms with Gasteiger partial charge in [0.25, 0.3) is 5.91 Å². The van der Waals surface area contributed by atoms with E-state index in [4.69, 9.17) is 0 Å². The molecular formula is C21H23N3OS. The lowest BCUT2D eigenvalue weighted by molar-refractivity contribution is -0.112. The molecule has 0 spiro atoms. The van der Waals surface area contributed by atoms with E-state index in [0.29, 0.717) is 0 Å². The molecule has 0 heterocycles. The molecule has 2 rings (SSSR count). The molecule has 2 aromatic carbocycles. The van der Waals surface area contributed by atoms with Crippen LogP contribution in [0.2, 0.25) is 0 Å². The van der Waals surface area contributed by atoms with Crippen LogP contribution in [0.15, 0.2) is 59.1 Å². The van der Waals surface area contributed by atoms with E-state index >= 15 is 0 Å². The van der Waals surface area contributed by atoms with Gasteiger partial charge in [0.05, 0.1) is 0 Å². The highest BCUT2D eigenvalue weighted by molar-refractivity contribution is 7.98. The number of hydrogen-bond acceptors (Lipinski definition) is 4. The van der Waals surface area contributed by atoms with Gasteiger partial charge < -0.3 is 10.6 Å². The molecule has 0 aliphatic heterocycles. The molecule has 0 radical (unpaired) electrons. The molecule has 1 amide bonds. The number of anilines is 2. The molecule has 0 fully saturated rings. The lowest BCUT2D eigenvalue weighted by Gasteiger charge is -2.16. The minimum Gasteiger partial charge on any atom is -0.360 e. The van der Waals surface area contributed by atoms with Crippen molar-refractivity contribution in [3.05, 3.63) is 65.4 Å². The number of carbonyl (C=O) groups is 1. The lowest BCUT2D eigenvalue weighted by Crippen LogP contribution is -2.17. The monoisotopic (exact) mass is 365 g/mol. The third-order valence-electron chi connectivity index (χ3n) is 3.98. The third kappa shape index (κ3) is 4.90. The Hall–Kier alpha value is -2.71. The molecule has 26 heavy (non-hydrogen) atoms. The number of rotatable bonds is 6. The summed E-state index contributed by atoms with van der Waals surface area (Å²) in [5.74, 6) is -0.149. The van der Waals surface area contributed by atoms with Gasteiger partial charge in [0, 0.05) is 22.5 Å². The van der Waals surface area contributed by atoms with Crippen LogP contribution in [0.4, 0.5) is 11.4 Å². The molecule has 0 aliphatic carbocycles. The molecule has 5 heteroatoms. The second-order valence-electron chi connectivity index (χ2n) is 6.19. The van der Waals surface area contributed by atoms with Crippen LogP contribution < -0.4 is 10.6 Å². The number of para-hydroxylation sites is 1. The Bertz CT molecular complexity index is 866. The summed E-state index contributed by atoms with van der Waals surface area (Å²) in [6.07, 6.45) is 3.44. The minimum absolute atomic E-state index is 0.0255. The molecule has 2 N–H and O–H groups in total. The number of amides is 1. The van der Waals surface area contributed by atoms with Crippen LogP contribution in [-0.4, -0.2) is 12.2 Å². The highest BCUT2D eigenvalue weighted by Gasteiger charge is 2.15. The summed E-state index contributed by atoms with van der Waals surface area (Å²) in [5.41, 5.74) is 3.66. The second kappa shape index (κ2) is 9.12. The zero-order chi connectivity index (χ0) is 19.1. The van der Waals surface area contributed by atoms with E-state index in [2.05, 4.69) is 24.5 Å². The Balaban J connectivity index is 2.20. The van der Waals surface area contributed by atoms with Gasteiger partial charge in [0.1, 0.15) is 11.6 Å². The average molecular weight is 366 g/mol. The molecule has 0 saturated carbocycles. The van der Waals surface area contributed by atoms with Gasteiger partial charge >= 0.3 is 0 Å². The Morgan fingerprint density at radius 3 is 2.62 bits per heavy atom. The van der Waals surface area contributed by atoms with Crippen LogP contribution in [-0.2, 0) is 4.79 Å². The van der Waals surface area contributed by atoms with Crippen molar-refractivity contribution in [2.75, 3.05) is 16.9 Å². The number of nitrogens with zero attached hydrogens (tertiary/aromatic N) is 1. The molecule has 0 unspecified atom stereocenters. The Kier molecular flexibility index (Phi) is 6.88. The predicted octanol–water partition coefficient (Wildman–Crippen LogP) is 5.30. The molecule has 0 bridgehead atoms. The highest BCUT2D eigenvalue weighted by Crippen LogP contribution is 2.27. The first-order chi connectivity index (χ1) is 12.5. The summed E-state index contributed by atoms with van der Waals surface area (Å²) in [6.45, 7) is 6.10. The number of benzene rings is 2. The maximum Gasteiger partial charge on any atom is 0.267 e. The number of thioether (sulfide) groups is 1. The molecule has 2 aromatic rings. The molecule has 0 saturated heterocycles. The normalized spacial score (nSPS) is 11.2. The summed E-state index contributed by atoms with van der Waals surface area (Å²) < 4.78 is 0. The van der Waals surface area contributed by atoms with Gasteiger partial charge in [-0.1, -0.05) is 38.1 Å². The number of hydrogen-bond donors (Lipinski definition) is 2. The molecule has 4 nitrogen and oxygen atoms in total. The van der Waals surface area contributed by atoms with E-state index in [1.54, 1.807) is 11.8 Å². The SMILES string of the molecule is CSc1cccc(N/C=C(/C#N)C(=O)Nc2c(C)cccc2C(C)C)c1. The highest BCUT2D eigenvalue weighted by atomic mass is 32.2. The van der Waals surface area contributed by atoms with E-state index in [0.717, 1.165) is 27.4 Å². The standard InChI is InChI=1S/C21H23N3OS/c1-14(2)19-10-5-7-15(3)20(19)24-21(25)16(12-22)13-23-17-8-6-9-18(11-17)26-4/h5-11,13-14,23H,1-4H3,(H,24,25)/b16-13-. The van der Waals surface area contributed by atoms with Gasteiger partial charge in [-0.3, -0.25) is 4.79 Å². The summed E-state index contributed by atoms with van der Waals surface area (Å²) in [7, 11) is 0. The van der Waals surface area contributed by atoms with Crippen molar-refractivity contribution >= 4 is 29.0 Å². The first kappa shape index (κ1) is 19.6. The fraction of sp³-hybridized carbons (Fsp3) is 0.238. The summed E-state index contributed by atoms with van der Waals surface area (Å²) in [4.78, 5) is 13.7. The Labute approximate surface area is 159 Å². The largest absolute Gasteiger partial charge is 0.360 e. The van der Waals surface area contributed by atoms with Crippen molar-refractivity contribution in [3.63, 3.8) is 0 Å². The van der Waals surface area contributed by atoms with Crippen molar-refractivity contribution in [1.29, 1.82) is 5.26 Å². The van der Waals surface area contributed by atoms with Crippen molar-refractivity contribution in [1.82, 2.24) is 0 Å². The van der Waals surface area contributed by atoms with E-state index in [1.807, 2.05) is 61.7 Å². The van der Waals surface area contributed by atoms with Gasteiger partial charge in [0.2, 0.25) is 0 Å². The van der Waals surface area contributed by atoms with Gasteiger partial charge in [-0.05, 0) is 48.4 Å². The fourth-order valence-corrected chi connectivity index (χ4v) is 3.00.